The zero-order valence-corrected chi connectivity index (χ0v) is 9.84. The van der Waals surface area contributed by atoms with E-state index in [0.29, 0.717) is 29.2 Å². The molecule has 1 unspecified atom stereocenters. The molecule has 2 rings (SSSR count). The van der Waals surface area contributed by atoms with Gasteiger partial charge in [0.15, 0.2) is 5.58 Å². The summed E-state index contributed by atoms with van der Waals surface area (Å²) in [5, 5.41) is 8.67. The number of nitriles is 1. The van der Waals surface area contributed by atoms with Crippen LogP contribution < -0.4 is 10.6 Å². The van der Waals surface area contributed by atoms with Crippen molar-refractivity contribution < 1.29 is 4.42 Å². The molecule has 0 saturated heterocycles. The van der Waals surface area contributed by atoms with Crippen molar-refractivity contribution in [1.29, 1.82) is 5.26 Å². The number of oxazole rings is 1. The minimum absolute atomic E-state index is 0.0503. The lowest BCUT2D eigenvalue weighted by Gasteiger charge is -2.20. The number of para-hydroxylation sites is 1. The first-order chi connectivity index (χ1) is 8.13. The highest BCUT2D eigenvalue weighted by molar-refractivity contribution is 5.86. The van der Waals surface area contributed by atoms with Crippen LogP contribution in [0.2, 0.25) is 0 Å². The Morgan fingerprint density at radius 2 is 2.35 bits per heavy atom. The highest BCUT2D eigenvalue weighted by Crippen LogP contribution is 2.26. The Hall–Kier alpha value is -2.22. The van der Waals surface area contributed by atoms with Crippen molar-refractivity contribution >= 4 is 22.8 Å². The van der Waals surface area contributed by atoms with Gasteiger partial charge in [0.2, 0.25) is 0 Å². The largest absolute Gasteiger partial charge is 0.423 e. The van der Waals surface area contributed by atoms with E-state index < -0.39 is 0 Å². The molecule has 0 radical (unpaired) electrons. The molecule has 1 atom stereocenters. The van der Waals surface area contributed by atoms with Crippen LogP contribution in [0.4, 0.5) is 11.7 Å². The molecule has 2 N–H and O–H groups in total. The van der Waals surface area contributed by atoms with Crippen LogP contribution in [0.25, 0.3) is 11.1 Å². The molecule has 1 aromatic carbocycles. The van der Waals surface area contributed by atoms with E-state index in [1.165, 1.54) is 0 Å². The van der Waals surface area contributed by atoms with E-state index >= 15 is 0 Å². The Balaban J connectivity index is 2.37. The molecule has 0 fully saturated rings. The normalized spacial score (nSPS) is 12.3. The van der Waals surface area contributed by atoms with Crippen LogP contribution >= 0.6 is 0 Å². The number of benzene rings is 1. The standard InChI is InChI=1S/C12H14N4O/c1-8(6-7-13)16(2)12-15-11-9(14)4-3-5-10(11)17-12/h3-5,8H,6,14H2,1-2H3. The monoisotopic (exact) mass is 230 g/mol. The number of fused-ring (bicyclic) bond motifs is 1. The highest BCUT2D eigenvalue weighted by Gasteiger charge is 2.16. The summed E-state index contributed by atoms with van der Waals surface area (Å²) in [5.74, 6) is 0. The molecule has 5 nitrogen and oxygen atoms in total. The second kappa shape index (κ2) is 4.34. The van der Waals surface area contributed by atoms with Gasteiger partial charge in [-0.15, -0.1) is 0 Å². The van der Waals surface area contributed by atoms with Crippen molar-refractivity contribution in [2.75, 3.05) is 17.7 Å². The van der Waals surface area contributed by atoms with Gasteiger partial charge in [0, 0.05) is 13.1 Å². The summed E-state index contributed by atoms with van der Waals surface area (Å²) in [5.41, 5.74) is 7.74. The SMILES string of the molecule is CC(CC#N)N(C)c1nc2c(N)cccc2o1. The molecular formula is C12H14N4O. The summed E-state index contributed by atoms with van der Waals surface area (Å²) < 4.78 is 5.60. The van der Waals surface area contributed by atoms with Crippen molar-refractivity contribution in [3.05, 3.63) is 18.2 Å². The topological polar surface area (TPSA) is 79.1 Å². The molecule has 2 aromatic rings. The molecule has 5 heteroatoms. The molecule has 0 aliphatic rings. The second-order valence-corrected chi connectivity index (χ2v) is 4.01. The van der Waals surface area contributed by atoms with Crippen molar-refractivity contribution in [2.45, 2.75) is 19.4 Å². The summed E-state index contributed by atoms with van der Waals surface area (Å²) >= 11 is 0. The Labute approximate surface area is 99.4 Å². The molecular weight excluding hydrogens is 216 g/mol. The molecule has 17 heavy (non-hydrogen) atoms. The van der Waals surface area contributed by atoms with Crippen LogP contribution in [0, 0.1) is 11.3 Å². The van der Waals surface area contributed by atoms with Crippen LogP contribution in [0.15, 0.2) is 22.6 Å². The first-order valence-corrected chi connectivity index (χ1v) is 5.38. The van der Waals surface area contributed by atoms with Gasteiger partial charge in [-0.1, -0.05) is 6.07 Å². The van der Waals surface area contributed by atoms with E-state index in [1.54, 1.807) is 6.07 Å². The first-order valence-electron chi connectivity index (χ1n) is 5.38. The van der Waals surface area contributed by atoms with Gasteiger partial charge in [0.1, 0.15) is 5.52 Å². The van der Waals surface area contributed by atoms with Gasteiger partial charge in [-0.3, -0.25) is 0 Å². The number of hydrogen-bond acceptors (Lipinski definition) is 5. The number of anilines is 2. The molecule has 0 bridgehead atoms. The fraction of sp³-hybridized carbons (Fsp3) is 0.333. The van der Waals surface area contributed by atoms with Crippen LogP contribution in [-0.2, 0) is 0 Å². The van der Waals surface area contributed by atoms with E-state index in [0.717, 1.165) is 0 Å². The summed E-state index contributed by atoms with van der Waals surface area (Å²) in [4.78, 5) is 6.18. The van der Waals surface area contributed by atoms with Gasteiger partial charge in [0.25, 0.3) is 6.01 Å². The Morgan fingerprint density at radius 3 is 3.00 bits per heavy atom. The number of nitrogen functional groups attached to an aromatic ring is 1. The van der Waals surface area contributed by atoms with E-state index in [-0.39, 0.29) is 6.04 Å². The van der Waals surface area contributed by atoms with Crippen molar-refractivity contribution in [2.24, 2.45) is 0 Å². The van der Waals surface area contributed by atoms with E-state index in [1.807, 2.05) is 31.0 Å². The fourth-order valence-electron chi connectivity index (χ4n) is 1.57. The molecule has 1 aromatic heterocycles. The predicted octanol–water partition coefficient (Wildman–Crippen LogP) is 2.15. The Kier molecular flexibility index (Phi) is 2.88. The molecule has 1 heterocycles. The van der Waals surface area contributed by atoms with Gasteiger partial charge in [-0.2, -0.15) is 10.2 Å². The van der Waals surface area contributed by atoms with Gasteiger partial charge in [0.05, 0.1) is 18.2 Å². The Morgan fingerprint density at radius 1 is 1.59 bits per heavy atom. The fourth-order valence-corrected chi connectivity index (χ4v) is 1.57. The Bertz CT molecular complexity index is 569. The smallest absolute Gasteiger partial charge is 0.298 e. The maximum Gasteiger partial charge on any atom is 0.298 e. The lowest BCUT2D eigenvalue weighted by molar-refractivity contribution is 0.551. The van der Waals surface area contributed by atoms with E-state index in [9.17, 15) is 0 Å². The third kappa shape index (κ3) is 2.02. The van der Waals surface area contributed by atoms with E-state index in [2.05, 4.69) is 11.1 Å². The average Bonchev–Trinajstić information content (AvgIpc) is 2.73. The molecule has 0 aliphatic carbocycles. The van der Waals surface area contributed by atoms with Crippen LogP contribution in [-0.4, -0.2) is 18.1 Å². The quantitative estimate of drug-likeness (QED) is 0.817. The number of rotatable bonds is 3. The zero-order valence-electron chi connectivity index (χ0n) is 9.84. The summed E-state index contributed by atoms with van der Waals surface area (Å²) in [6, 6.07) is 8.10. The molecule has 0 spiro atoms. The summed E-state index contributed by atoms with van der Waals surface area (Å²) in [7, 11) is 1.85. The van der Waals surface area contributed by atoms with Gasteiger partial charge >= 0.3 is 0 Å². The number of nitrogens with two attached hydrogens (primary N) is 1. The third-order valence-corrected chi connectivity index (χ3v) is 2.79. The predicted molar refractivity (Wildman–Crippen MR) is 66.5 cm³/mol. The lowest BCUT2D eigenvalue weighted by atomic mass is 10.2. The lowest BCUT2D eigenvalue weighted by Crippen LogP contribution is -2.28. The van der Waals surface area contributed by atoms with Crippen LogP contribution in [0.5, 0.6) is 0 Å². The second-order valence-electron chi connectivity index (χ2n) is 4.01. The number of hydrogen-bond donors (Lipinski definition) is 1. The van der Waals surface area contributed by atoms with Crippen molar-refractivity contribution in [1.82, 2.24) is 4.98 Å². The third-order valence-electron chi connectivity index (χ3n) is 2.79. The molecule has 0 saturated carbocycles. The van der Waals surface area contributed by atoms with E-state index in [4.69, 9.17) is 15.4 Å². The van der Waals surface area contributed by atoms with Gasteiger partial charge in [-0.25, -0.2) is 0 Å². The first kappa shape index (κ1) is 11.3. The number of aromatic nitrogens is 1. The van der Waals surface area contributed by atoms with Crippen molar-refractivity contribution in [3.8, 4) is 6.07 Å². The molecule has 88 valence electrons. The maximum absolute atomic E-state index is 8.67. The van der Waals surface area contributed by atoms with Crippen molar-refractivity contribution in [3.63, 3.8) is 0 Å². The maximum atomic E-state index is 8.67. The van der Waals surface area contributed by atoms with Crippen LogP contribution in [0.3, 0.4) is 0 Å². The summed E-state index contributed by atoms with van der Waals surface area (Å²) in [6.07, 6.45) is 0.421. The minimum Gasteiger partial charge on any atom is -0.423 e. The average molecular weight is 230 g/mol. The summed E-state index contributed by atoms with van der Waals surface area (Å²) in [6.45, 7) is 1.95. The van der Waals surface area contributed by atoms with Gasteiger partial charge in [-0.05, 0) is 19.1 Å². The molecule has 0 aliphatic heterocycles. The zero-order chi connectivity index (χ0) is 12.4. The van der Waals surface area contributed by atoms with Gasteiger partial charge < -0.3 is 15.1 Å². The van der Waals surface area contributed by atoms with Crippen LogP contribution in [0.1, 0.15) is 13.3 Å². The number of nitrogens with zero attached hydrogens (tertiary/aromatic N) is 3. The minimum atomic E-state index is 0.0503. The highest BCUT2D eigenvalue weighted by atomic mass is 16.4. The molecule has 0 amide bonds.